The van der Waals surface area contributed by atoms with Crippen LogP contribution in [0.25, 0.3) is 0 Å². The van der Waals surface area contributed by atoms with Crippen LogP contribution in [-0.2, 0) is 11.8 Å². The second-order valence-corrected chi connectivity index (χ2v) is 7.42. The van der Waals surface area contributed by atoms with Gasteiger partial charge >= 0.3 is 0 Å². The van der Waals surface area contributed by atoms with E-state index in [-0.39, 0.29) is 11.3 Å². The first kappa shape index (κ1) is 12.4. The van der Waals surface area contributed by atoms with Gasteiger partial charge in [-0.3, -0.25) is 9.48 Å². The van der Waals surface area contributed by atoms with Crippen LogP contribution in [0.5, 0.6) is 0 Å². The van der Waals surface area contributed by atoms with Crippen LogP contribution in [0.15, 0.2) is 6.20 Å². The molecule has 108 valence electrons. The van der Waals surface area contributed by atoms with Crippen LogP contribution >= 0.6 is 0 Å². The highest BCUT2D eigenvalue weighted by atomic mass is 16.2. The molecule has 0 saturated heterocycles. The van der Waals surface area contributed by atoms with Gasteiger partial charge in [0.05, 0.1) is 23.0 Å². The van der Waals surface area contributed by atoms with Crippen LogP contribution in [0, 0.1) is 30.1 Å². The number of amides is 1. The van der Waals surface area contributed by atoms with E-state index in [1.807, 2.05) is 18.7 Å². The Bertz CT molecular complexity index is 525. The molecule has 0 spiro atoms. The summed E-state index contributed by atoms with van der Waals surface area (Å²) < 4.78 is 1.81. The van der Waals surface area contributed by atoms with E-state index in [2.05, 4.69) is 10.4 Å². The molecule has 1 aromatic heterocycles. The molecule has 1 amide bonds. The lowest BCUT2D eigenvalue weighted by atomic mass is 9.49. The van der Waals surface area contributed by atoms with Gasteiger partial charge in [-0.2, -0.15) is 5.10 Å². The highest BCUT2D eigenvalue weighted by Gasteiger charge is 2.54. The lowest BCUT2D eigenvalue weighted by Gasteiger charge is -2.55. The fraction of sp³-hybridized carbons (Fsp3) is 0.750. The third-order valence-corrected chi connectivity index (χ3v) is 6.00. The number of carbonyl (C=O) groups is 1. The largest absolute Gasteiger partial charge is 0.323 e. The Balaban J connectivity index is 1.58. The Morgan fingerprint density at radius 1 is 1.25 bits per heavy atom. The number of aromatic nitrogens is 2. The number of hydrogen-bond acceptors (Lipinski definition) is 2. The molecule has 0 radical (unpaired) electrons. The van der Waals surface area contributed by atoms with Gasteiger partial charge in [-0.25, -0.2) is 0 Å². The molecule has 0 unspecified atom stereocenters. The first-order valence-electron chi connectivity index (χ1n) is 7.86. The number of rotatable bonds is 2. The molecule has 1 aromatic rings. The molecule has 4 aliphatic rings. The summed E-state index contributed by atoms with van der Waals surface area (Å²) in [4.78, 5) is 12.9. The standard InChI is InChI=1S/C16H23N3O/c1-10-14(9-17-19(10)2)18-15(20)16-6-11-3-12(7-16)5-13(4-11)8-16/h9,11-13H,3-8H2,1-2H3,(H,18,20). The van der Waals surface area contributed by atoms with E-state index in [1.54, 1.807) is 6.20 Å². The second kappa shape index (κ2) is 4.09. The van der Waals surface area contributed by atoms with Gasteiger partial charge in [0.1, 0.15) is 0 Å². The Morgan fingerprint density at radius 2 is 1.80 bits per heavy atom. The number of aryl methyl sites for hydroxylation is 1. The molecule has 4 heteroatoms. The van der Waals surface area contributed by atoms with Gasteiger partial charge in [-0.05, 0) is 63.2 Å². The Labute approximate surface area is 119 Å². The summed E-state index contributed by atoms with van der Waals surface area (Å²) >= 11 is 0. The van der Waals surface area contributed by atoms with Crippen molar-refractivity contribution in [1.82, 2.24) is 9.78 Å². The lowest BCUT2D eigenvalue weighted by molar-refractivity contribution is -0.140. The minimum atomic E-state index is -0.0724. The van der Waals surface area contributed by atoms with Crippen LogP contribution in [0.4, 0.5) is 5.69 Å². The molecule has 4 saturated carbocycles. The van der Waals surface area contributed by atoms with Crippen molar-refractivity contribution in [3.05, 3.63) is 11.9 Å². The van der Waals surface area contributed by atoms with Crippen molar-refractivity contribution in [3.63, 3.8) is 0 Å². The zero-order valence-corrected chi connectivity index (χ0v) is 12.4. The quantitative estimate of drug-likeness (QED) is 0.900. The molecule has 5 rings (SSSR count). The smallest absolute Gasteiger partial charge is 0.230 e. The maximum Gasteiger partial charge on any atom is 0.230 e. The van der Waals surface area contributed by atoms with Crippen molar-refractivity contribution in [3.8, 4) is 0 Å². The molecule has 0 aliphatic heterocycles. The van der Waals surface area contributed by atoms with E-state index in [9.17, 15) is 4.79 Å². The van der Waals surface area contributed by atoms with Crippen molar-refractivity contribution in [1.29, 1.82) is 0 Å². The van der Waals surface area contributed by atoms with Crippen LogP contribution in [0.3, 0.4) is 0 Å². The van der Waals surface area contributed by atoms with Crippen LogP contribution in [-0.4, -0.2) is 15.7 Å². The summed E-state index contributed by atoms with van der Waals surface area (Å²) in [5.41, 5.74) is 1.84. The van der Waals surface area contributed by atoms with Crippen LogP contribution in [0.1, 0.15) is 44.2 Å². The van der Waals surface area contributed by atoms with Crippen molar-refractivity contribution >= 4 is 11.6 Å². The number of nitrogens with zero attached hydrogens (tertiary/aromatic N) is 2. The first-order valence-corrected chi connectivity index (χ1v) is 7.86. The lowest BCUT2D eigenvalue weighted by Crippen LogP contribution is -2.51. The molecule has 4 bridgehead atoms. The number of nitrogens with one attached hydrogen (secondary N) is 1. The Kier molecular flexibility index (Phi) is 2.54. The highest BCUT2D eigenvalue weighted by molar-refractivity contribution is 5.96. The molecule has 1 heterocycles. The molecule has 4 nitrogen and oxygen atoms in total. The van der Waals surface area contributed by atoms with E-state index in [1.165, 1.54) is 19.3 Å². The molecule has 0 atom stereocenters. The molecule has 4 aliphatic carbocycles. The number of anilines is 1. The van der Waals surface area contributed by atoms with Gasteiger partial charge in [0.25, 0.3) is 0 Å². The number of hydrogen-bond donors (Lipinski definition) is 1. The number of carbonyl (C=O) groups excluding carboxylic acids is 1. The predicted molar refractivity (Wildman–Crippen MR) is 77.2 cm³/mol. The normalized spacial score (nSPS) is 38.2. The predicted octanol–water partition coefficient (Wildman–Crippen LogP) is 2.88. The summed E-state index contributed by atoms with van der Waals surface area (Å²) in [7, 11) is 1.91. The summed E-state index contributed by atoms with van der Waals surface area (Å²) in [6.45, 7) is 2.00. The summed E-state index contributed by atoms with van der Waals surface area (Å²) in [5, 5.41) is 7.38. The minimum Gasteiger partial charge on any atom is -0.323 e. The van der Waals surface area contributed by atoms with Crippen molar-refractivity contribution < 1.29 is 4.79 Å². The average molecular weight is 273 g/mol. The first-order chi connectivity index (χ1) is 9.56. The average Bonchev–Trinajstić information content (AvgIpc) is 2.69. The molecular formula is C16H23N3O. The molecule has 20 heavy (non-hydrogen) atoms. The van der Waals surface area contributed by atoms with Gasteiger partial charge in [0, 0.05) is 7.05 Å². The van der Waals surface area contributed by atoms with E-state index < -0.39 is 0 Å². The topological polar surface area (TPSA) is 46.9 Å². The maximum absolute atomic E-state index is 12.9. The SMILES string of the molecule is Cc1c(NC(=O)C23CC4CC(CC(C4)C2)C3)cnn1C. The van der Waals surface area contributed by atoms with Gasteiger partial charge < -0.3 is 5.32 Å². The molecular weight excluding hydrogens is 250 g/mol. The van der Waals surface area contributed by atoms with E-state index in [0.717, 1.165) is 48.4 Å². The van der Waals surface area contributed by atoms with Gasteiger partial charge in [0.15, 0.2) is 0 Å². The van der Waals surface area contributed by atoms with Crippen LogP contribution < -0.4 is 5.32 Å². The molecule has 1 N–H and O–H groups in total. The summed E-state index contributed by atoms with van der Waals surface area (Å²) in [5.74, 6) is 2.68. The summed E-state index contributed by atoms with van der Waals surface area (Å²) in [6, 6.07) is 0. The van der Waals surface area contributed by atoms with Crippen molar-refractivity contribution in [2.24, 2.45) is 30.2 Å². The van der Waals surface area contributed by atoms with E-state index in [0.29, 0.717) is 0 Å². The monoisotopic (exact) mass is 273 g/mol. The zero-order valence-electron chi connectivity index (χ0n) is 12.4. The van der Waals surface area contributed by atoms with E-state index in [4.69, 9.17) is 0 Å². The third-order valence-electron chi connectivity index (χ3n) is 6.00. The van der Waals surface area contributed by atoms with Crippen molar-refractivity contribution in [2.75, 3.05) is 5.32 Å². The van der Waals surface area contributed by atoms with E-state index >= 15 is 0 Å². The Hall–Kier alpha value is -1.32. The molecule has 4 fully saturated rings. The fourth-order valence-electron chi connectivity index (χ4n) is 5.27. The third kappa shape index (κ3) is 1.73. The maximum atomic E-state index is 12.9. The molecule has 0 aromatic carbocycles. The fourth-order valence-corrected chi connectivity index (χ4v) is 5.27. The van der Waals surface area contributed by atoms with Gasteiger partial charge in [-0.15, -0.1) is 0 Å². The van der Waals surface area contributed by atoms with Gasteiger partial charge in [0.2, 0.25) is 5.91 Å². The highest BCUT2D eigenvalue weighted by Crippen LogP contribution is 2.60. The second-order valence-electron chi connectivity index (χ2n) is 7.42. The summed E-state index contributed by atoms with van der Waals surface area (Å²) in [6.07, 6.45) is 9.24. The van der Waals surface area contributed by atoms with Crippen molar-refractivity contribution in [2.45, 2.75) is 45.4 Å². The zero-order chi connectivity index (χ0) is 13.9. The van der Waals surface area contributed by atoms with Crippen LogP contribution in [0.2, 0.25) is 0 Å². The Morgan fingerprint density at radius 3 is 2.25 bits per heavy atom. The van der Waals surface area contributed by atoms with Gasteiger partial charge in [-0.1, -0.05) is 0 Å². The minimum absolute atomic E-state index is 0.0724.